The van der Waals surface area contributed by atoms with Gasteiger partial charge in [-0.3, -0.25) is 4.79 Å². The highest BCUT2D eigenvalue weighted by Gasteiger charge is 2.27. The molecule has 1 aromatic heterocycles. The summed E-state index contributed by atoms with van der Waals surface area (Å²) in [5, 5.41) is 0. The van der Waals surface area contributed by atoms with Crippen LogP contribution >= 0.6 is 0 Å². The summed E-state index contributed by atoms with van der Waals surface area (Å²) in [4.78, 5) is 18.5. The van der Waals surface area contributed by atoms with Gasteiger partial charge in [-0.25, -0.2) is 4.98 Å². The van der Waals surface area contributed by atoms with Crippen LogP contribution in [-0.2, 0) is 16.0 Å². The van der Waals surface area contributed by atoms with Crippen molar-refractivity contribution in [3.8, 4) is 0 Å². The molecule has 3 rings (SSSR count). The Morgan fingerprint density at radius 3 is 3.00 bits per heavy atom. The van der Waals surface area contributed by atoms with Crippen LogP contribution in [0.2, 0.25) is 0 Å². The summed E-state index contributed by atoms with van der Waals surface area (Å²) in [6, 6.07) is 10.2. The van der Waals surface area contributed by atoms with Crippen LogP contribution in [0.4, 0.5) is 0 Å². The third kappa shape index (κ3) is 4.23. The highest BCUT2D eigenvalue weighted by molar-refractivity contribution is 5.77. The van der Waals surface area contributed by atoms with Crippen molar-refractivity contribution in [1.29, 1.82) is 0 Å². The Balaban J connectivity index is 1.61. The number of likely N-dealkylation sites (tertiary alicyclic amines) is 1. The SMILES string of the molecule is CCOCC(=O)N1CCCC(c2ncc(Cc3ccccc3)o2)C1. The molecule has 0 bridgehead atoms. The van der Waals surface area contributed by atoms with Crippen molar-refractivity contribution in [1.82, 2.24) is 9.88 Å². The van der Waals surface area contributed by atoms with Crippen LogP contribution in [0, 0.1) is 0 Å². The molecule has 0 aliphatic carbocycles. The standard InChI is InChI=1S/C19H24N2O3/c1-2-23-14-18(22)21-10-6-9-16(13-21)19-20-12-17(24-19)11-15-7-4-3-5-8-15/h3-5,7-8,12,16H,2,6,9-11,13-14H2,1H3. The summed E-state index contributed by atoms with van der Waals surface area (Å²) < 4.78 is 11.2. The van der Waals surface area contributed by atoms with Gasteiger partial charge in [0.25, 0.3) is 0 Å². The molecule has 1 aliphatic rings. The number of ether oxygens (including phenoxy) is 1. The van der Waals surface area contributed by atoms with Gasteiger partial charge < -0.3 is 14.1 Å². The normalized spacial score (nSPS) is 17.9. The van der Waals surface area contributed by atoms with Crippen LogP contribution in [0.1, 0.15) is 42.9 Å². The van der Waals surface area contributed by atoms with Crippen molar-refractivity contribution in [2.24, 2.45) is 0 Å². The van der Waals surface area contributed by atoms with Gasteiger partial charge in [-0.1, -0.05) is 30.3 Å². The molecule has 1 saturated heterocycles. The number of piperidine rings is 1. The topological polar surface area (TPSA) is 55.6 Å². The largest absolute Gasteiger partial charge is 0.445 e. The molecule has 1 atom stereocenters. The van der Waals surface area contributed by atoms with Crippen LogP contribution in [-0.4, -0.2) is 42.1 Å². The molecule has 5 nitrogen and oxygen atoms in total. The minimum Gasteiger partial charge on any atom is -0.445 e. The van der Waals surface area contributed by atoms with Crippen LogP contribution in [0.15, 0.2) is 40.9 Å². The van der Waals surface area contributed by atoms with Gasteiger partial charge in [-0.2, -0.15) is 0 Å². The summed E-state index contributed by atoms with van der Waals surface area (Å²) in [6.07, 6.45) is 4.53. The lowest BCUT2D eigenvalue weighted by Gasteiger charge is -2.31. The second-order valence-electron chi connectivity index (χ2n) is 6.14. The fourth-order valence-electron chi connectivity index (χ4n) is 3.08. The second kappa shape index (κ2) is 8.11. The van der Waals surface area contributed by atoms with E-state index in [0.717, 1.165) is 37.5 Å². The number of benzene rings is 1. The number of carbonyl (C=O) groups is 1. The van der Waals surface area contributed by atoms with E-state index in [1.54, 1.807) is 0 Å². The van der Waals surface area contributed by atoms with Crippen molar-refractivity contribution < 1.29 is 13.9 Å². The van der Waals surface area contributed by atoms with Crippen molar-refractivity contribution in [3.05, 3.63) is 53.7 Å². The highest BCUT2D eigenvalue weighted by atomic mass is 16.5. The third-order valence-corrected chi connectivity index (χ3v) is 4.35. The first-order valence-corrected chi connectivity index (χ1v) is 8.60. The molecular weight excluding hydrogens is 304 g/mol. The highest BCUT2D eigenvalue weighted by Crippen LogP contribution is 2.27. The Morgan fingerprint density at radius 2 is 2.21 bits per heavy atom. The zero-order valence-corrected chi connectivity index (χ0v) is 14.1. The Labute approximate surface area is 142 Å². The predicted octanol–water partition coefficient (Wildman–Crippen LogP) is 3.01. The Hall–Kier alpha value is -2.14. The number of aromatic nitrogens is 1. The van der Waals surface area contributed by atoms with Crippen LogP contribution in [0.3, 0.4) is 0 Å². The van der Waals surface area contributed by atoms with E-state index in [-0.39, 0.29) is 18.4 Å². The molecule has 1 aromatic carbocycles. The maximum Gasteiger partial charge on any atom is 0.248 e. The smallest absolute Gasteiger partial charge is 0.248 e. The van der Waals surface area contributed by atoms with E-state index in [0.29, 0.717) is 13.2 Å². The quantitative estimate of drug-likeness (QED) is 0.818. The second-order valence-corrected chi connectivity index (χ2v) is 6.14. The van der Waals surface area contributed by atoms with Crippen LogP contribution in [0.25, 0.3) is 0 Å². The zero-order chi connectivity index (χ0) is 16.8. The van der Waals surface area contributed by atoms with Gasteiger partial charge in [0, 0.05) is 26.1 Å². The zero-order valence-electron chi connectivity index (χ0n) is 14.1. The molecule has 2 aromatic rings. The summed E-state index contributed by atoms with van der Waals surface area (Å²) >= 11 is 0. The summed E-state index contributed by atoms with van der Waals surface area (Å²) in [7, 11) is 0. The average Bonchev–Trinajstić information content (AvgIpc) is 3.09. The number of hydrogen-bond acceptors (Lipinski definition) is 4. The minimum atomic E-state index is 0.0533. The molecule has 1 amide bonds. The molecule has 1 unspecified atom stereocenters. The molecule has 0 N–H and O–H groups in total. The van der Waals surface area contributed by atoms with Crippen LogP contribution < -0.4 is 0 Å². The maximum atomic E-state index is 12.1. The van der Waals surface area contributed by atoms with Crippen LogP contribution in [0.5, 0.6) is 0 Å². The van der Waals surface area contributed by atoms with Gasteiger partial charge in [-0.15, -0.1) is 0 Å². The molecule has 2 heterocycles. The molecule has 0 saturated carbocycles. The van der Waals surface area contributed by atoms with Gasteiger partial charge in [0.15, 0.2) is 5.89 Å². The molecule has 128 valence electrons. The number of carbonyl (C=O) groups excluding carboxylic acids is 1. The van der Waals surface area contributed by atoms with E-state index in [9.17, 15) is 4.79 Å². The molecule has 24 heavy (non-hydrogen) atoms. The van der Waals surface area contributed by atoms with E-state index in [4.69, 9.17) is 9.15 Å². The number of oxazole rings is 1. The van der Waals surface area contributed by atoms with E-state index in [2.05, 4.69) is 17.1 Å². The van der Waals surface area contributed by atoms with Crippen molar-refractivity contribution in [2.45, 2.75) is 32.1 Å². The van der Waals surface area contributed by atoms with Crippen molar-refractivity contribution in [3.63, 3.8) is 0 Å². The molecule has 0 radical (unpaired) electrons. The minimum absolute atomic E-state index is 0.0533. The summed E-state index contributed by atoms with van der Waals surface area (Å²) in [5.74, 6) is 1.84. The number of hydrogen-bond donors (Lipinski definition) is 0. The van der Waals surface area contributed by atoms with E-state index in [1.807, 2.05) is 36.2 Å². The van der Waals surface area contributed by atoms with Crippen molar-refractivity contribution >= 4 is 5.91 Å². The summed E-state index contributed by atoms with van der Waals surface area (Å²) in [5.41, 5.74) is 1.21. The third-order valence-electron chi connectivity index (χ3n) is 4.35. The fraction of sp³-hybridized carbons (Fsp3) is 0.474. The van der Waals surface area contributed by atoms with Gasteiger partial charge >= 0.3 is 0 Å². The van der Waals surface area contributed by atoms with Crippen molar-refractivity contribution in [2.75, 3.05) is 26.3 Å². The fourth-order valence-corrected chi connectivity index (χ4v) is 3.08. The first kappa shape index (κ1) is 16.7. The molecular formula is C19H24N2O3. The molecule has 1 fully saturated rings. The lowest BCUT2D eigenvalue weighted by Crippen LogP contribution is -2.41. The lowest BCUT2D eigenvalue weighted by atomic mass is 9.98. The Bertz CT molecular complexity index is 654. The van der Waals surface area contributed by atoms with E-state index < -0.39 is 0 Å². The number of rotatable bonds is 6. The Morgan fingerprint density at radius 1 is 1.38 bits per heavy atom. The number of amides is 1. The number of nitrogens with zero attached hydrogens (tertiary/aromatic N) is 2. The first-order valence-electron chi connectivity index (χ1n) is 8.60. The van der Waals surface area contributed by atoms with E-state index >= 15 is 0 Å². The first-order chi connectivity index (χ1) is 11.8. The molecule has 1 aliphatic heterocycles. The van der Waals surface area contributed by atoms with Gasteiger partial charge in [0.2, 0.25) is 5.91 Å². The Kier molecular flexibility index (Phi) is 5.64. The maximum absolute atomic E-state index is 12.1. The molecule has 5 heteroatoms. The van der Waals surface area contributed by atoms with Gasteiger partial charge in [-0.05, 0) is 25.3 Å². The average molecular weight is 328 g/mol. The van der Waals surface area contributed by atoms with E-state index in [1.165, 1.54) is 5.56 Å². The molecule has 0 spiro atoms. The van der Waals surface area contributed by atoms with Gasteiger partial charge in [0.1, 0.15) is 12.4 Å². The monoisotopic (exact) mass is 328 g/mol. The van der Waals surface area contributed by atoms with Gasteiger partial charge in [0.05, 0.1) is 12.1 Å². The lowest BCUT2D eigenvalue weighted by molar-refractivity contribution is -0.137. The predicted molar refractivity (Wildman–Crippen MR) is 90.8 cm³/mol. The summed E-state index contributed by atoms with van der Waals surface area (Å²) in [6.45, 7) is 4.07.